The molecule has 1 spiro atoms. The van der Waals surface area contributed by atoms with E-state index in [-0.39, 0.29) is 5.60 Å². The van der Waals surface area contributed by atoms with Crippen LogP contribution >= 0.6 is 0 Å². The Hall–Kier alpha value is -1.80. The Morgan fingerprint density at radius 3 is 2.68 bits per heavy atom. The molecule has 0 bridgehead atoms. The molecule has 2 unspecified atom stereocenters. The number of ether oxygens (including phenoxy) is 1. The predicted molar refractivity (Wildman–Crippen MR) is 102 cm³/mol. The Morgan fingerprint density at radius 1 is 0.960 bits per heavy atom. The van der Waals surface area contributed by atoms with Crippen molar-refractivity contribution in [3.8, 4) is 16.9 Å². The molecule has 2 heteroatoms. The monoisotopic (exact) mass is 333 g/mol. The van der Waals surface area contributed by atoms with Crippen LogP contribution in [0.25, 0.3) is 11.1 Å². The summed E-state index contributed by atoms with van der Waals surface area (Å²) in [6.07, 6.45) is 7.56. The third-order valence-electron chi connectivity index (χ3n) is 6.57. The normalized spacial score (nSPS) is 28.4. The lowest BCUT2D eigenvalue weighted by Crippen LogP contribution is -2.35. The maximum Gasteiger partial charge on any atom is 0.123 e. The maximum atomic E-state index is 6.56. The van der Waals surface area contributed by atoms with Crippen molar-refractivity contribution in [1.82, 2.24) is 4.90 Å². The van der Waals surface area contributed by atoms with Crippen molar-refractivity contribution in [3.63, 3.8) is 0 Å². The number of rotatable bonds is 1. The molecular weight excluding hydrogens is 306 g/mol. The van der Waals surface area contributed by atoms with Crippen LogP contribution < -0.4 is 4.74 Å². The average molecular weight is 333 g/mol. The van der Waals surface area contributed by atoms with Crippen LogP contribution in [-0.2, 0) is 6.42 Å². The second-order valence-electron chi connectivity index (χ2n) is 8.27. The number of benzene rings is 2. The first-order valence-corrected chi connectivity index (χ1v) is 9.84. The molecule has 0 aliphatic carbocycles. The van der Waals surface area contributed by atoms with Gasteiger partial charge in [-0.15, -0.1) is 0 Å². The molecule has 0 N–H and O–H groups in total. The summed E-state index contributed by atoms with van der Waals surface area (Å²) in [7, 11) is 0. The van der Waals surface area contributed by atoms with Crippen LogP contribution in [0.3, 0.4) is 0 Å². The molecule has 130 valence electrons. The fourth-order valence-electron chi connectivity index (χ4n) is 5.06. The van der Waals surface area contributed by atoms with E-state index in [4.69, 9.17) is 4.74 Å². The van der Waals surface area contributed by atoms with Gasteiger partial charge in [-0.2, -0.15) is 0 Å². The quantitative estimate of drug-likeness (QED) is 0.729. The van der Waals surface area contributed by atoms with E-state index in [1.807, 2.05) is 0 Å². The number of hydrogen-bond donors (Lipinski definition) is 0. The predicted octanol–water partition coefficient (Wildman–Crippen LogP) is 4.98. The SMILES string of the molecule is Cc1ccc(-c2ccc3c(c2)CC2(CCC4CCCN4CC2)O3)cc1. The van der Waals surface area contributed by atoms with E-state index in [0.717, 1.165) is 18.2 Å². The third-order valence-corrected chi connectivity index (χ3v) is 6.57. The lowest BCUT2D eigenvalue weighted by atomic mass is 9.88. The minimum atomic E-state index is 0.0541. The molecule has 2 aromatic rings. The van der Waals surface area contributed by atoms with Gasteiger partial charge in [0.25, 0.3) is 0 Å². The molecule has 25 heavy (non-hydrogen) atoms. The molecule has 0 radical (unpaired) electrons. The summed E-state index contributed by atoms with van der Waals surface area (Å²) in [4.78, 5) is 2.71. The van der Waals surface area contributed by atoms with E-state index in [1.165, 1.54) is 67.4 Å². The highest BCUT2D eigenvalue weighted by Crippen LogP contribution is 2.44. The van der Waals surface area contributed by atoms with Crippen molar-refractivity contribution in [2.75, 3.05) is 13.1 Å². The van der Waals surface area contributed by atoms with Crippen LogP contribution in [0.1, 0.15) is 43.2 Å². The summed E-state index contributed by atoms with van der Waals surface area (Å²) in [5.74, 6) is 1.12. The molecule has 2 fully saturated rings. The first-order valence-electron chi connectivity index (χ1n) is 9.84. The zero-order valence-electron chi connectivity index (χ0n) is 15.1. The first-order chi connectivity index (χ1) is 12.2. The van der Waals surface area contributed by atoms with Crippen LogP contribution in [0.5, 0.6) is 5.75 Å². The van der Waals surface area contributed by atoms with E-state index in [1.54, 1.807) is 0 Å². The Kier molecular flexibility index (Phi) is 3.63. The van der Waals surface area contributed by atoms with Gasteiger partial charge >= 0.3 is 0 Å². The van der Waals surface area contributed by atoms with Crippen molar-refractivity contribution in [2.24, 2.45) is 0 Å². The molecule has 3 heterocycles. The Labute approximate surface area is 150 Å². The van der Waals surface area contributed by atoms with Crippen LogP contribution in [-0.4, -0.2) is 29.6 Å². The van der Waals surface area contributed by atoms with E-state index >= 15 is 0 Å². The molecule has 3 aliphatic rings. The minimum absolute atomic E-state index is 0.0541. The number of nitrogens with zero attached hydrogens (tertiary/aromatic N) is 1. The van der Waals surface area contributed by atoms with Gasteiger partial charge in [-0.1, -0.05) is 35.9 Å². The fraction of sp³-hybridized carbons (Fsp3) is 0.478. The second-order valence-corrected chi connectivity index (χ2v) is 8.27. The lowest BCUT2D eigenvalue weighted by molar-refractivity contribution is 0.0771. The van der Waals surface area contributed by atoms with Gasteiger partial charge in [0, 0.05) is 25.4 Å². The molecule has 0 amide bonds. The van der Waals surface area contributed by atoms with Crippen molar-refractivity contribution in [1.29, 1.82) is 0 Å². The van der Waals surface area contributed by atoms with Gasteiger partial charge < -0.3 is 9.64 Å². The van der Waals surface area contributed by atoms with Crippen LogP contribution in [0, 0.1) is 6.92 Å². The Bertz CT molecular complexity index is 765. The van der Waals surface area contributed by atoms with Crippen molar-refractivity contribution in [2.45, 2.75) is 57.1 Å². The molecule has 2 nitrogen and oxygen atoms in total. The average Bonchev–Trinajstić information content (AvgIpc) is 3.18. The highest BCUT2D eigenvalue weighted by atomic mass is 16.5. The number of fused-ring (bicyclic) bond motifs is 2. The summed E-state index contributed by atoms with van der Waals surface area (Å²) in [6.45, 7) is 4.65. The summed E-state index contributed by atoms with van der Waals surface area (Å²) >= 11 is 0. The van der Waals surface area contributed by atoms with Crippen molar-refractivity contribution in [3.05, 3.63) is 53.6 Å². The summed E-state index contributed by atoms with van der Waals surface area (Å²) < 4.78 is 6.56. The van der Waals surface area contributed by atoms with Crippen LogP contribution in [0.2, 0.25) is 0 Å². The lowest BCUT2D eigenvalue weighted by Gasteiger charge is -2.27. The Morgan fingerprint density at radius 2 is 1.80 bits per heavy atom. The van der Waals surface area contributed by atoms with Crippen molar-refractivity contribution < 1.29 is 4.74 Å². The zero-order valence-corrected chi connectivity index (χ0v) is 15.1. The fourth-order valence-corrected chi connectivity index (χ4v) is 5.06. The first kappa shape index (κ1) is 15.5. The van der Waals surface area contributed by atoms with Gasteiger partial charge in [0.1, 0.15) is 11.4 Å². The number of hydrogen-bond acceptors (Lipinski definition) is 2. The van der Waals surface area contributed by atoms with Gasteiger partial charge in [0.05, 0.1) is 0 Å². The minimum Gasteiger partial charge on any atom is -0.487 e. The van der Waals surface area contributed by atoms with Crippen molar-refractivity contribution >= 4 is 0 Å². The van der Waals surface area contributed by atoms with Gasteiger partial charge in [0.15, 0.2) is 0 Å². The van der Waals surface area contributed by atoms with E-state index in [9.17, 15) is 0 Å². The topological polar surface area (TPSA) is 12.5 Å². The van der Waals surface area contributed by atoms with Gasteiger partial charge in [-0.3, -0.25) is 0 Å². The number of aryl methyl sites for hydroxylation is 1. The molecule has 5 rings (SSSR count). The van der Waals surface area contributed by atoms with Crippen LogP contribution in [0.4, 0.5) is 0 Å². The molecule has 2 aromatic carbocycles. The van der Waals surface area contributed by atoms with E-state index in [0.29, 0.717) is 0 Å². The van der Waals surface area contributed by atoms with Gasteiger partial charge in [0.2, 0.25) is 0 Å². The molecule has 3 aliphatic heterocycles. The summed E-state index contributed by atoms with van der Waals surface area (Å²) in [6, 6.07) is 16.4. The largest absolute Gasteiger partial charge is 0.487 e. The highest BCUT2D eigenvalue weighted by molar-refractivity contribution is 5.66. The second kappa shape index (κ2) is 5.88. The highest BCUT2D eigenvalue weighted by Gasteiger charge is 2.43. The van der Waals surface area contributed by atoms with Crippen LogP contribution in [0.15, 0.2) is 42.5 Å². The third kappa shape index (κ3) is 2.77. The molecular formula is C23H27NO. The zero-order chi connectivity index (χ0) is 16.9. The maximum absolute atomic E-state index is 6.56. The van der Waals surface area contributed by atoms with E-state index < -0.39 is 0 Å². The van der Waals surface area contributed by atoms with E-state index in [2.05, 4.69) is 54.3 Å². The standard InChI is InChI=1S/C23H27NO/c1-17-4-6-18(7-5-17)19-8-9-22-20(15-19)16-23(25-22)11-10-21-3-2-13-24(21)14-12-23/h4-9,15,21H,2-3,10-14,16H2,1H3. The van der Waals surface area contributed by atoms with Gasteiger partial charge in [-0.05, 0) is 68.0 Å². The van der Waals surface area contributed by atoms with Gasteiger partial charge in [-0.25, -0.2) is 0 Å². The summed E-state index contributed by atoms with van der Waals surface area (Å²) in [5.41, 5.74) is 5.38. The summed E-state index contributed by atoms with van der Waals surface area (Å²) in [5, 5.41) is 0. The molecule has 0 saturated carbocycles. The Balaban J connectivity index is 1.39. The molecule has 2 atom stereocenters. The molecule has 2 saturated heterocycles. The smallest absolute Gasteiger partial charge is 0.123 e. The molecule has 0 aromatic heterocycles.